The van der Waals surface area contributed by atoms with Crippen LogP contribution in [0.25, 0.3) is 0 Å². The van der Waals surface area contributed by atoms with E-state index in [1.54, 1.807) is 12.1 Å². The van der Waals surface area contributed by atoms with Crippen molar-refractivity contribution in [2.45, 2.75) is 12.1 Å². The molecule has 0 spiro atoms. The number of nitrogens with zero attached hydrogens (tertiary/aromatic N) is 1. The number of amides is 1. The van der Waals surface area contributed by atoms with Gasteiger partial charge >= 0.3 is 0 Å². The molecule has 5 nitrogen and oxygen atoms in total. The molecule has 1 saturated heterocycles. The van der Waals surface area contributed by atoms with Gasteiger partial charge in [0.2, 0.25) is 5.91 Å². The highest BCUT2D eigenvalue weighted by molar-refractivity contribution is 5.83. The molecular weight excluding hydrogens is 333 g/mol. The third-order valence-corrected chi connectivity index (χ3v) is 4.55. The number of rotatable bonds is 6. The van der Waals surface area contributed by atoms with Crippen molar-refractivity contribution in [1.29, 1.82) is 0 Å². The average Bonchev–Trinajstić information content (AvgIpc) is 2.68. The maximum absolute atomic E-state index is 13.7. The van der Waals surface area contributed by atoms with Gasteiger partial charge in [0, 0.05) is 25.7 Å². The van der Waals surface area contributed by atoms with E-state index < -0.39 is 6.04 Å². The van der Waals surface area contributed by atoms with Crippen molar-refractivity contribution in [2.75, 3.05) is 32.8 Å². The minimum Gasteiger partial charge on any atom is -0.379 e. The fourth-order valence-corrected chi connectivity index (χ4v) is 3.17. The highest BCUT2D eigenvalue weighted by atomic mass is 19.1. The lowest BCUT2D eigenvalue weighted by Crippen LogP contribution is -2.46. The van der Waals surface area contributed by atoms with Gasteiger partial charge in [-0.15, -0.1) is 0 Å². The van der Waals surface area contributed by atoms with Gasteiger partial charge in [-0.25, -0.2) is 4.39 Å². The van der Waals surface area contributed by atoms with Crippen LogP contribution in [0.2, 0.25) is 0 Å². The van der Waals surface area contributed by atoms with Gasteiger partial charge in [-0.1, -0.05) is 42.5 Å². The van der Waals surface area contributed by atoms with E-state index in [0.29, 0.717) is 38.4 Å². The summed E-state index contributed by atoms with van der Waals surface area (Å²) in [4.78, 5) is 14.9. The zero-order valence-corrected chi connectivity index (χ0v) is 14.6. The number of benzene rings is 2. The molecular formula is C20H24FN3O2. The van der Waals surface area contributed by atoms with Crippen LogP contribution in [0.4, 0.5) is 4.39 Å². The van der Waals surface area contributed by atoms with Crippen molar-refractivity contribution in [3.8, 4) is 0 Å². The number of nitrogens with one attached hydrogen (secondary N) is 1. The Morgan fingerprint density at radius 1 is 1.12 bits per heavy atom. The second-order valence-corrected chi connectivity index (χ2v) is 6.37. The molecule has 2 aromatic rings. The molecule has 3 N–H and O–H groups in total. The molecule has 1 heterocycles. The summed E-state index contributed by atoms with van der Waals surface area (Å²) in [6.07, 6.45) is 0. The Bertz CT molecular complexity index is 720. The average molecular weight is 357 g/mol. The summed E-state index contributed by atoms with van der Waals surface area (Å²) < 4.78 is 19.1. The molecule has 3 rings (SSSR count). The van der Waals surface area contributed by atoms with Gasteiger partial charge in [0.25, 0.3) is 0 Å². The first-order valence-electron chi connectivity index (χ1n) is 8.80. The first-order chi connectivity index (χ1) is 12.6. The van der Waals surface area contributed by atoms with Crippen LogP contribution in [0, 0.1) is 5.82 Å². The topological polar surface area (TPSA) is 67.6 Å². The second-order valence-electron chi connectivity index (χ2n) is 6.37. The summed E-state index contributed by atoms with van der Waals surface area (Å²) in [5, 5.41) is 2.93. The molecule has 1 amide bonds. The fourth-order valence-electron chi connectivity index (χ4n) is 3.17. The monoisotopic (exact) mass is 357 g/mol. The predicted octanol–water partition coefficient (Wildman–Crippen LogP) is 2.02. The zero-order chi connectivity index (χ0) is 18.4. The van der Waals surface area contributed by atoms with Crippen LogP contribution in [0.5, 0.6) is 0 Å². The first kappa shape index (κ1) is 18.5. The van der Waals surface area contributed by atoms with E-state index in [1.165, 1.54) is 12.1 Å². The van der Waals surface area contributed by atoms with E-state index in [-0.39, 0.29) is 17.8 Å². The Morgan fingerprint density at radius 2 is 1.81 bits per heavy atom. The van der Waals surface area contributed by atoms with Gasteiger partial charge in [0.15, 0.2) is 0 Å². The molecule has 0 bridgehead atoms. The lowest BCUT2D eigenvalue weighted by Gasteiger charge is -2.34. The molecule has 1 fully saturated rings. The Balaban J connectivity index is 1.72. The van der Waals surface area contributed by atoms with E-state index in [1.807, 2.05) is 35.2 Å². The molecule has 2 unspecified atom stereocenters. The summed E-state index contributed by atoms with van der Waals surface area (Å²) in [5.41, 5.74) is 7.77. The number of carbonyl (C=O) groups is 1. The van der Waals surface area contributed by atoms with Crippen LogP contribution in [-0.2, 0) is 9.53 Å². The molecule has 6 heteroatoms. The molecule has 0 saturated carbocycles. The summed E-state index contributed by atoms with van der Waals surface area (Å²) in [7, 11) is 0. The molecule has 0 aliphatic carbocycles. The first-order valence-corrected chi connectivity index (χ1v) is 8.80. The second kappa shape index (κ2) is 8.89. The van der Waals surface area contributed by atoms with Crippen molar-refractivity contribution in [2.24, 2.45) is 5.73 Å². The quantitative estimate of drug-likeness (QED) is 0.830. The van der Waals surface area contributed by atoms with Gasteiger partial charge in [-0.2, -0.15) is 0 Å². The van der Waals surface area contributed by atoms with E-state index in [4.69, 9.17) is 10.5 Å². The largest absolute Gasteiger partial charge is 0.379 e. The summed E-state index contributed by atoms with van der Waals surface area (Å²) >= 11 is 0. The predicted molar refractivity (Wildman–Crippen MR) is 97.9 cm³/mol. The Hall–Kier alpha value is -2.28. The maximum atomic E-state index is 13.7. The standard InChI is InChI=1S/C20H24FN3O2/c21-17-8-4-7-16(13-17)19(24-9-11-26-12-10-24)20(25)23-14-18(22)15-5-2-1-3-6-15/h1-8,13,18-19H,9-12,14,22H2,(H,23,25). The molecule has 1 aliphatic rings. The molecule has 0 aromatic heterocycles. The van der Waals surface area contributed by atoms with Crippen LogP contribution in [0.15, 0.2) is 54.6 Å². The number of hydrogen-bond acceptors (Lipinski definition) is 4. The Morgan fingerprint density at radius 3 is 2.50 bits per heavy atom. The van der Waals surface area contributed by atoms with E-state index in [2.05, 4.69) is 5.32 Å². The smallest absolute Gasteiger partial charge is 0.242 e. The van der Waals surface area contributed by atoms with Crippen molar-refractivity contribution in [3.05, 3.63) is 71.5 Å². The van der Waals surface area contributed by atoms with E-state index >= 15 is 0 Å². The van der Waals surface area contributed by atoms with Gasteiger partial charge in [-0.3, -0.25) is 9.69 Å². The highest BCUT2D eigenvalue weighted by Gasteiger charge is 2.29. The SMILES string of the molecule is NC(CNC(=O)C(c1cccc(F)c1)N1CCOCC1)c1ccccc1. The Labute approximate surface area is 152 Å². The summed E-state index contributed by atoms with van der Waals surface area (Å²) in [6.45, 7) is 2.68. The molecule has 2 aromatic carbocycles. The number of halogens is 1. The van der Waals surface area contributed by atoms with Crippen LogP contribution in [-0.4, -0.2) is 43.7 Å². The maximum Gasteiger partial charge on any atom is 0.242 e. The summed E-state index contributed by atoms with van der Waals surface area (Å²) in [6, 6.07) is 15.0. The van der Waals surface area contributed by atoms with Crippen LogP contribution in [0.1, 0.15) is 23.2 Å². The number of carbonyl (C=O) groups excluding carboxylic acids is 1. The third-order valence-electron chi connectivity index (χ3n) is 4.55. The molecule has 26 heavy (non-hydrogen) atoms. The Kier molecular flexibility index (Phi) is 6.33. The summed E-state index contributed by atoms with van der Waals surface area (Å²) in [5.74, 6) is -0.529. The van der Waals surface area contributed by atoms with Gasteiger partial charge in [0.05, 0.1) is 13.2 Å². The van der Waals surface area contributed by atoms with Crippen LogP contribution >= 0.6 is 0 Å². The van der Waals surface area contributed by atoms with E-state index in [0.717, 1.165) is 5.56 Å². The number of morpholine rings is 1. The van der Waals surface area contributed by atoms with Gasteiger partial charge in [-0.05, 0) is 23.3 Å². The number of nitrogens with two attached hydrogens (primary N) is 1. The van der Waals surface area contributed by atoms with Crippen molar-refractivity contribution >= 4 is 5.91 Å². The highest BCUT2D eigenvalue weighted by Crippen LogP contribution is 2.23. The van der Waals surface area contributed by atoms with Crippen molar-refractivity contribution in [1.82, 2.24) is 10.2 Å². The van der Waals surface area contributed by atoms with Gasteiger partial charge in [0.1, 0.15) is 11.9 Å². The van der Waals surface area contributed by atoms with Crippen LogP contribution in [0.3, 0.4) is 0 Å². The van der Waals surface area contributed by atoms with Gasteiger partial charge < -0.3 is 15.8 Å². The normalized spacial score (nSPS) is 17.5. The minimum atomic E-state index is -0.558. The van der Waals surface area contributed by atoms with E-state index in [9.17, 15) is 9.18 Å². The van der Waals surface area contributed by atoms with Crippen molar-refractivity contribution in [3.63, 3.8) is 0 Å². The fraction of sp³-hybridized carbons (Fsp3) is 0.350. The molecule has 1 aliphatic heterocycles. The molecule has 138 valence electrons. The molecule has 0 radical (unpaired) electrons. The zero-order valence-electron chi connectivity index (χ0n) is 14.6. The van der Waals surface area contributed by atoms with Crippen LogP contribution < -0.4 is 11.1 Å². The third kappa shape index (κ3) is 4.66. The lowest BCUT2D eigenvalue weighted by molar-refractivity contribution is -0.128. The van der Waals surface area contributed by atoms with Crippen molar-refractivity contribution < 1.29 is 13.9 Å². The molecule has 2 atom stereocenters. The number of hydrogen-bond donors (Lipinski definition) is 2. The number of ether oxygens (including phenoxy) is 1. The lowest BCUT2D eigenvalue weighted by atomic mass is 10.0. The minimum absolute atomic E-state index is 0.177.